The van der Waals surface area contributed by atoms with Crippen molar-refractivity contribution in [3.63, 3.8) is 0 Å². The van der Waals surface area contributed by atoms with Crippen LogP contribution >= 0.6 is 0 Å². The van der Waals surface area contributed by atoms with E-state index in [0.717, 1.165) is 5.92 Å². The zero-order valence-electron chi connectivity index (χ0n) is 9.41. The standard InChI is InChI=1S/C11H24Si/c1-10(2)9-12(7-6-8-12)11(3,4)5/h10H,6-9H2,1-5H3. The molecular weight excluding hydrogens is 160 g/mol. The lowest BCUT2D eigenvalue weighted by atomic mass is 10.2. The highest BCUT2D eigenvalue weighted by molar-refractivity contribution is 6.84. The van der Waals surface area contributed by atoms with Crippen LogP contribution in [0.3, 0.4) is 0 Å². The summed E-state index contributed by atoms with van der Waals surface area (Å²) in [6, 6.07) is 4.78. The van der Waals surface area contributed by atoms with Crippen LogP contribution < -0.4 is 0 Å². The molecule has 0 aliphatic carbocycles. The van der Waals surface area contributed by atoms with E-state index < -0.39 is 8.07 Å². The largest absolute Gasteiger partial charge is 0.0630 e. The number of hydrogen-bond acceptors (Lipinski definition) is 0. The van der Waals surface area contributed by atoms with E-state index in [-0.39, 0.29) is 0 Å². The third-order valence-corrected chi connectivity index (χ3v) is 11.1. The molecule has 0 saturated carbocycles. The predicted octanol–water partition coefficient (Wildman–Crippen LogP) is 4.30. The molecule has 1 aliphatic heterocycles. The highest BCUT2D eigenvalue weighted by Crippen LogP contribution is 2.53. The molecule has 12 heavy (non-hydrogen) atoms. The maximum absolute atomic E-state index is 2.47. The average Bonchev–Trinajstić information content (AvgIpc) is 1.74. The van der Waals surface area contributed by atoms with E-state index in [0.29, 0.717) is 5.04 Å². The van der Waals surface area contributed by atoms with E-state index in [2.05, 4.69) is 34.6 Å². The predicted molar refractivity (Wildman–Crippen MR) is 59.3 cm³/mol. The molecule has 0 nitrogen and oxygen atoms in total. The molecule has 0 N–H and O–H groups in total. The Labute approximate surface area is 78.8 Å². The van der Waals surface area contributed by atoms with Crippen LogP contribution in [0.5, 0.6) is 0 Å². The smallest absolute Gasteiger partial charge is 0.0592 e. The van der Waals surface area contributed by atoms with Crippen molar-refractivity contribution < 1.29 is 0 Å². The van der Waals surface area contributed by atoms with E-state index in [1.165, 1.54) is 6.42 Å². The monoisotopic (exact) mass is 184 g/mol. The molecule has 0 spiro atoms. The molecule has 1 saturated heterocycles. The van der Waals surface area contributed by atoms with Gasteiger partial charge in [0.05, 0.1) is 8.07 Å². The van der Waals surface area contributed by atoms with Crippen LogP contribution in [0.25, 0.3) is 0 Å². The van der Waals surface area contributed by atoms with Gasteiger partial charge in [0.25, 0.3) is 0 Å². The summed E-state index contributed by atoms with van der Waals surface area (Å²) >= 11 is 0. The fourth-order valence-corrected chi connectivity index (χ4v) is 7.94. The minimum absolute atomic E-state index is 0.662. The molecule has 1 heterocycles. The van der Waals surface area contributed by atoms with Gasteiger partial charge >= 0.3 is 0 Å². The van der Waals surface area contributed by atoms with E-state index in [4.69, 9.17) is 0 Å². The fraction of sp³-hybridized carbons (Fsp3) is 1.00. The molecule has 0 radical (unpaired) electrons. The Bertz CT molecular complexity index is 149. The van der Waals surface area contributed by atoms with Gasteiger partial charge in [0.15, 0.2) is 0 Å². The third-order valence-electron chi connectivity index (χ3n) is 3.70. The van der Waals surface area contributed by atoms with Gasteiger partial charge in [0.2, 0.25) is 0 Å². The third kappa shape index (κ3) is 1.76. The molecule has 1 fully saturated rings. The van der Waals surface area contributed by atoms with Gasteiger partial charge in [-0.3, -0.25) is 0 Å². The van der Waals surface area contributed by atoms with Gasteiger partial charge in [0.1, 0.15) is 0 Å². The first kappa shape index (κ1) is 10.3. The quantitative estimate of drug-likeness (QED) is 0.561. The Hall–Kier alpha value is 0.217. The van der Waals surface area contributed by atoms with Gasteiger partial charge in [-0.15, -0.1) is 0 Å². The normalized spacial score (nSPS) is 22.5. The average molecular weight is 184 g/mol. The summed E-state index contributed by atoms with van der Waals surface area (Å²) in [7, 11) is -0.807. The highest BCUT2D eigenvalue weighted by Gasteiger charge is 2.48. The number of rotatable bonds is 2. The molecule has 1 rings (SSSR count). The molecule has 0 atom stereocenters. The van der Waals surface area contributed by atoms with Crippen LogP contribution in [0.4, 0.5) is 0 Å². The van der Waals surface area contributed by atoms with Crippen molar-refractivity contribution in [1.29, 1.82) is 0 Å². The summed E-state index contributed by atoms with van der Waals surface area (Å²) in [4.78, 5) is 0. The van der Waals surface area contributed by atoms with Crippen molar-refractivity contribution in [2.75, 3.05) is 0 Å². The van der Waals surface area contributed by atoms with Crippen LogP contribution in [-0.4, -0.2) is 8.07 Å². The van der Waals surface area contributed by atoms with Crippen molar-refractivity contribution in [3.05, 3.63) is 0 Å². The molecule has 0 unspecified atom stereocenters. The second-order valence-corrected chi connectivity index (χ2v) is 11.5. The van der Waals surface area contributed by atoms with Gasteiger partial charge in [-0.2, -0.15) is 0 Å². The summed E-state index contributed by atoms with van der Waals surface area (Å²) in [5.74, 6) is 0.927. The van der Waals surface area contributed by atoms with Gasteiger partial charge in [-0.25, -0.2) is 0 Å². The Morgan fingerprint density at radius 1 is 1.17 bits per heavy atom. The lowest BCUT2D eigenvalue weighted by molar-refractivity contribution is 0.605. The van der Waals surface area contributed by atoms with Crippen molar-refractivity contribution in [3.8, 4) is 0 Å². The SMILES string of the molecule is CC(C)C[Si]1(C(C)(C)C)CCC1. The number of hydrogen-bond donors (Lipinski definition) is 0. The van der Waals surface area contributed by atoms with Crippen LogP contribution in [0, 0.1) is 5.92 Å². The van der Waals surface area contributed by atoms with Gasteiger partial charge < -0.3 is 0 Å². The summed E-state index contributed by atoms with van der Waals surface area (Å²) in [6.45, 7) is 12.2. The molecule has 1 heteroatoms. The zero-order chi connectivity index (χ0) is 9.41. The molecular formula is C11H24Si. The molecule has 0 aromatic carbocycles. The van der Waals surface area contributed by atoms with Gasteiger partial charge in [-0.05, 0) is 11.0 Å². The zero-order valence-corrected chi connectivity index (χ0v) is 10.4. The minimum atomic E-state index is -0.807. The molecule has 0 bridgehead atoms. The first-order valence-corrected chi connectivity index (χ1v) is 7.99. The van der Waals surface area contributed by atoms with Crippen molar-refractivity contribution >= 4 is 8.07 Å². The van der Waals surface area contributed by atoms with Crippen molar-refractivity contribution in [1.82, 2.24) is 0 Å². The first-order valence-electron chi connectivity index (χ1n) is 5.37. The maximum atomic E-state index is 2.47. The maximum Gasteiger partial charge on any atom is 0.0592 e. The van der Waals surface area contributed by atoms with E-state index in [1.807, 2.05) is 0 Å². The van der Waals surface area contributed by atoms with Crippen molar-refractivity contribution in [2.24, 2.45) is 5.92 Å². The van der Waals surface area contributed by atoms with Crippen LogP contribution in [-0.2, 0) is 0 Å². The Balaban J connectivity index is 2.63. The second-order valence-electron chi connectivity index (χ2n) is 5.98. The summed E-state index contributed by atoms with van der Waals surface area (Å²) in [6.07, 6.45) is 1.52. The molecule has 0 aromatic heterocycles. The summed E-state index contributed by atoms with van der Waals surface area (Å²) < 4.78 is 0. The molecule has 1 aliphatic rings. The molecule has 0 amide bonds. The lowest BCUT2D eigenvalue weighted by Crippen LogP contribution is -2.50. The fourth-order valence-electron chi connectivity index (χ4n) is 2.65. The summed E-state index contributed by atoms with van der Waals surface area (Å²) in [5.41, 5.74) is 0. The molecule has 72 valence electrons. The second kappa shape index (κ2) is 3.17. The van der Waals surface area contributed by atoms with Crippen molar-refractivity contribution in [2.45, 2.75) is 64.2 Å². The Morgan fingerprint density at radius 2 is 1.67 bits per heavy atom. The van der Waals surface area contributed by atoms with E-state index >= 15 is 0 Å². The molecule has 0 aromatic rings. The van der Waals surface area contributed by atoms with Crippen LogP contribution in [0.15, 0.2) is 0 Å². The minimum Gasteiger partial charge on any atom is -0.0630 e. The van der Waals surface area contributed by atoms with Crippen LogP contribution in [0.2, 0.25) is 23.2 Å². The van der Waals surface area contributed by atoms with E-state index in [1.54, 1.807) is 18.1 Å². The topological polar surface area (TPSA) is 0 Å². The lowest BCUT2D eigenvalue weighted by Gasteiger charge is -2.51. The van der Waals surface area contributed by atoms with Crippen LogP contribution in [0.1, 0.15) is 41.0 Å². The van der Waals surface area contributed by atoms with Gasteiger partial charge in [-0.1, -0.05) is 59.2 Å². The Kier molecular flexibility index (Phi) is 2.72. The first-order chi connectivity index (χ1) is 5.37. The van der Waals surface area contributed by atoms with E-state index in [9.17, 15) is 0 Å². The Morgan fingerprint density at radius 3 is 1.75 bits per heavy atom. The summed E-state index contributed by atoms with van der Waals surface area (Å²) in [5, 5.41) is 0.662. The van der Waals surface area contributed by atoms with Gasteiger partial charge in [0, 0.05) is 0 Å². The highest BCUT2D eigenvalue weighted by atomic mass is 28.3.